The van der Waals surface area contributed by atoms with Crippen LogP contribution >= 0.6 is 11.6 Å². The van der Waals surface area contributed by atoms with Gasteiger partial charge in [-0.1, -0.05) is 23.7 Å². The summed E-state index contributed by atoms with van der Waals surface area (Å²) in [6.07, 6.45) is -0.155. The fraction of sp³-hybridized carbons (Fsp3) is 0.118. The van der Waals surface area contributed by atoms with Crippen molar-refractivity contribution in [1.29, 1.82) is 0 Å². The second-order valence-corrected chi connectivity index (χ2v) is 5.79. The first-order valence-corrected chi connectivity index (χ1v) is 7.45. The van der Waals surface area contributed by atoms with Crippen LogP contribution in [0.1, 0.15) is 26.3 Å². The number of halogens is 2. The van der Waals surface area contributed by atoms with E-state index in [0.29, 0.717) is 5.56 Å². The minimum Gasteiger partial charge on any atom is -0.323 e. The van der Waals surface area contributed by atoms with Crippen LogP contribution in [0.3, 0.4) is 0 Å². The van der Waals surface area contributed by atoms with E-state index in [1.807, 2.05) is 0 Å². The number of nitrogens with one attached hydrogen (secondary N) is 1. The minimum absolute atomic E-state index is 0.00324. The fourth-order valence-corrected chi connectivity index (χ4v) is 2.74. The number of hydrogen-bond acceptors (Lipinski definition) is 3. The van der Waals surface area contributed by atoms with Crippen molar-refractivity contribution in [2.75, 3.05) is 12.4 Å². The molecule has 1 heterocycles. The number of carbonyl (C=O) groups excluding carboxylic acids is 3. The van der Waals surface area contributed by atoms with Crippen molar-refractivity contribution in [2.45, 2.75) is 6.42 Å². The molecular formula is C17H12ClFN2O3. The first-order chi connectivity index (χ1) is 11.4. The monoisotopic (exact) mass is 346 g/mol. The predicted molar refractivity (Wildman–Crippen MR) is 86.6 cm³/mol. The minimum atomic E-state index is -0.653. The second kappa shape index (κ2) is 6.05. The topological polar surface area (TPSA) is 66.5 Å². The van der Waals surface area contributed by atoms with Crippen LogP contribution in [-0.4, -0.2) is 29.7 Å². The summed E-state index contributed by atoms with van der Waals surface area (Å²) in [5.74, 6) is -2.00. The number of amides is 3. The number of nitrogens with zero attached hydrogens (tertiary/aromatic N) is 1. The Kier molecular flexibility index (Phi) is 4.07. The third kappa shape index (κ3) is 2.76. The lowest BCUT2D eigenvalue weighted by Crippen LogP contribution is -2.24. The van der Waals surface area contributed by atoms with Gasteiger partial charge in [0, 0.05) is 12.1 Å². The number of benzene rings is 2. The number of hydrogen-bond donors (Lipinski definition) is 1. The number of carbonyl (C=O) groups is 3. The summed E-state index contributed by atoms with van der Waals surface area (Å²) in [6, 6.07) is 8.65. The summed E-state index contributed by atoms with van der Waals surface area (Å²) >= 11 is 5.66. The Morgan fingerprint density at radius 3 is 2.67 bits per heavy atom. The maximum Gasteiger partial charge on any atom is 0.261 e. The molecular weight excluding hydrogens is 335 g/mol. The molecule has 0 saturated heterocycles. The zero-order valence-electron chi connectivity index (χ0n) is 12.6. The Morgan fingerprint density at radius 1 is 1.21 bits per heavy atom. The van der Waals surface area contributed by atoms with Gasteiger partial charge in [0.25, 0.3) is 11.8 Å². The van der Waals surface area contributed by atoms with Gasteiger partial charge in [-0.2, -0.15) is 0 Å². The van der Waals surface area contributed by atoms with Gasteiger partial charge in [0.05, 0.1) is 23.2 Å². The van der Waals surface area contributed by atoms with Gasteiger partial charge in [0.2, 0.25) is 5.91 Å². The molecule has 0 aliphatic carbocycles. The van der Waals surface area contributed by atoms with Crippen LogP contribution in [0, 0.1) is 5.82 Å². The molecule has 1 aliphatic rings. The zero-order chi connectivity index (χ0) is 17.4. The second-order valence-electron chi connectivity index (χ2n) is 5.36. The van der Waals surface area contributed by atoms with Crippen molar-refractivity contribution in [1.82, 2.24) is 4.90 Å². The van der Waals surface area contributed by atoms with E-state index in [2.05, 4.69) is 5.32 Å². The molecule has 0 fully saturated rings. The van der Waals surface area contributed by atoms with E-state index in [-0.39, 0.29) is 28.3 Å². The Bertz CT molecular complexity index is 882. The van der Waals surface area contributed by atoms with Crippen LogP contribution in [0.4, 0.5) is 10.1 Å². The molecule has 0 saturated carbocycles. The first kappa shape index (κ1) is 16.1. The molecule has 1 N–H and O–H groups in total. The predicted octanol–water partition coefficient (Wildman–Crippen LogP) is 2.89. The van der Waals surface area contributed by atoms with Crippen LogP contribution in [-0.2, 0) is 11.2 Å². The highest BCUT2D eigenvalue weighted by atomic mass is 35.5. The van der Waals surface area contributed by atoms with Gasteiger partial charge in [-0.15, -0.1) is 0 Å². The van der Waals surface area contributed by atoms with Crippen molar-refractivity contribution in [3.05, 3.63) is 63.9 Å². The van der Waals surface area contributed by atoms with E-state index >= 15 is 0 Å². The van der Waals surface area contributed by atoms with Crippen LogP contribution in [0.5, 0.6) is 0 Å². The molecule has 0 aromatic heterocycles. The molecule has 122 valence electrons. The van der Waals surface area contributed by atoms with E-state index in [4.69, 9.17) is 11.6 Å². The molecule has 3 rings (SSSR count). The molecule has 0 unspecified atom stereocenters. The molecule has 1 aliphatic heterocycles. The Labute approximate surface area is 142 Å². The number of fused-ring (bicyclic) bond motifs is 1. The molecule has 3 amide bonds. The number of rotatable bonds is 3. The molecule has 0 spiro atoms. The van der Waals surface area contributed by atoms with Gasteiger partial charge in [-0.3, -0.25) is 19.3 Å². The average Bonchev–Trinajstić information content (AvgIpc) is 2.76. The summed E-state index contributed by atoms with van der Waals surface area (Å²) in [5, 5.41) is 2.65. The zero-order valence-corrected chi connectivity index (χ0v) is 13.4. The van der Waals surface area contributed by atoms with Crippen molar-refractivity contribution in [2.24, 2.45) is 0 Å². The van der Waals surface area contributed by atoms with Crippen LogP contribution in [0.2, 0.25) is 5.02 Å². The van der Waals surface area contributed by atoms with Crippen molar-refractivity contribution >= 4 is 35.0 Å². The van der Waals surface area contributed by atoms with Gasteiger partial charge < -0.3 is 5.32 Å². The Hall–Kier alpha value is -2.73. The van der Waals surface area contributed by atoms with Gasteiger partial charge in [-0.05, 0) is 29.8 Å². The van der Waals surface area contributed by atoms with E-state index in [1.165, 1.54) is 19.2 Å². The van der Waals surface area contributed by atoms with Crippen LogP contribution in [0.15, 0.2) is 36.4 Å². The lowest BCUT2D eigenvalue weighted by Gasteiger charge is -2.09. The van der Waals surface area contributed by atoms with Gasteiger partial charge in [0.1, 0.15) is 5.82 Å². The molecule has 2 aromatic carbocycles. The summed E-state index contributed by atoms with van der Waals surface area (Å²) in [6.45, 7) is 0. The Morgan fingerprint density at radius 2 is 1.96 bits per heavy atom. The van der Waals surface area contributed by atoms with Gasteiger partial charge in [0.15, 0.2) is 0 Å². The third-order valence-corrected chi connectivity index (χ3v) is 4.00. The molecule has 5 nitrogen and oxygen atoms in total. The summed E-state index contributed by atoms with van der Waals surface area (Å²) in [7, 11) is 1.39. The van der Waals surface area contributed by atoms with Crippen LogP contribution < -0.4 is 5.32 Å². The largest absolute Gasteiger partial charge is 0.323 e. The first-order valence-electron chi connectivity index (χ1n) is 7.07. The molecule has 0 radical (unpaired) electrons. The smallest absolute Gasteiger partial charge is 0.261 e. The highest BCUT2D eigenvalue weighted by Crippen LogP contribution is 2.26. The molecule has 7 heteroatoms. The van der Waals surface area contributed by atoms with Crippen LogP contribution in [0.25, 0.3) is 0 Å². The van der Waals surface area contributed by atoms with E-state index in [0.717, 1.165) is 11.0 Å². The third-order valence-electron chi connectivity index (χ3n) is 3.76. The lowest BCUT2D eigenvalue weighted by atomic mass is 10.00. The molecule has 24 heavy (non-hydrogen) atoms. The van der Waals surface area contributed by atoms with Gasteiger partial charge >= 0.3 is 0 Å². The SMILES string of the molecule is CN1C(=O)c2cccc(CC(=O)Nc3ccc(Cl)cc3F)c2C1=O. The molecule has 2 aromatic rings. The standard InChI is InChI=1S/C17H12ClFN2O3/c1-21-16(23)11-4-2-3-9(15(11)17(21)24)7-14(22)20-13-6-5-10(18)8-12(13)19/h2-6,8H,7H2,1H3,(H,20,22). The molecule has 0 bridgehead atoms. The molecule has 0 atom stereocenters. The van der Waals surface area contributed by atoms with E-state index < -0.39 is 23.5 Å². The highest BCUT2D eigenvalue weighted by molar-refractivity contribution is 6.30. The maximum absolute atomic E-state index is 13.7. The van der Waals surface area contributed by atoms with Crippen molar-refractivity contribution < 1.29 is 18.8 Å². The lowest BCUT2D eigenvalue weighted by molar-refractivity contribution is -0.115. The van der Waals surface area contributed by atoms with E-state index in [1.54, 1.807) is 18.2 Å². The average molecular weight is 347 g/mol. The normalized spacial score (nSPS) is 13.2. The quantitative estimate of drug-likeness (QED) is 0.869. The van der Waals surface area contributed by atoms with Crippen molar-refractivity contribution in [3.8, 4) is 0 Å². The fourth-order valence-electron chi connectivity index (χ4n) is 2.58. The van der Waals surface area contributed by atoms with Gasteiger partial charge in [-0.25, -0.2) is 4.39 Å². The maximum atomic E-state index is 13.7. The Balaban J connectivity index is 1.84. The highest BCUT2D eigenvalue weighted by Gasteiger charge is 2.34. The number of imide groups is 1. The van der Waals surface area contributed by atoms with E-state index in [9.17, 15) is 18.8 Å². The summed E-state index contributed by atoms with van der Waals surface area (Å²) in [5.41, 5.74) is 0.903. The summed E-state index contributed by atoms with van der Waals surface area (Å²) in [4.78, 5) is 37.3. The number of anilines is 1. The van der Waals surface area contributed by atoms with Crippen molar-refractivity contribution in [3.63, 3.8) is 0 Å². The summed E-state index contributed by atoms with van der Waals surface area (Å²) < 4.78 is 13.7.